The molecule has 160 valence electrons. The number of rotatable bonds is 6. The Bertz CT molecular complexity index is 969. The molecular formula is C26H29N3O2. The van der Waals surface area contributed by atoms with Gasteiger partial charge in [0.25, 0.3) is 0 Å². The highest BCUT2D eigenvalue weighted by atomic mass is 16.2. The molecule has 1 saturated carbocycles. The molecule has 5 nitrogen and oxygen atoms in total. The van der Waals surface area contributed by atoms with Crippen LogP contribution in [-0.2, 0) is 16.1 Å². The summed E-state index contributed by atoms with van der Waals surface area (Å²) < 4.78 is 0. The van der Waals surface area contributed by atoms with Gasteiger partial charge in [0.2, 0.25) is 11.8 Å². The minimum absolute atomic E-state index is 0.0467. The van der Waals surface area contributed by atoms with Gasteiger partial charge >= 0.3 is 0 Å². The van der Waals surface area contributed by atoms with Gasteiger partial charge < -0.3 is 10.2 Å². The van der Waals surface area contributed by atoms with E-state index in [9.17, 15) is 9.59 Å². The fourth-order valence-corrected chi connectivity index (χ4v) is 4.84. The van der Waals surface area contributed by atoms with E-state index in [2.05, 4.69) is 35.7 Å². The van der Waals surface area contributed by atoms with Crippen LogP contribution in [0.5, 0.6) is 0 Å². The smallest absolute Gasteiger partial charge is 0.224 e. The van der Waals surface area contributed by atoms with Crippen molar-refractivity contribution in [3.05, 3.63) is 65.2 Å². The lowest BCUT2D eigenvalue weighted by atomic mass is 9.77. The quantitative estimate of drug-likeness (QED) is 0.723. The number of benzene rings is 2. The lowest BCUT2D eigenvalue weighted by molar-refractivity contribution is -0.128. The minimum atomic E-state index is 0.0467. The Labute approximate surface area is 184 Å². The number of anilines is 1. The Balaban J connectivity index is 1.26. The van der Waals surface area contributed by atoms with Crippen LogP contribution in [0.25, 0.3) is 0 Å². The molecule has 4 rings (SSSR count). The fourth-order valence-electron chi connectivity index (χ4n) is 4.84. The van der Waals surface area contributed by atoms with Crippen molar-refractivity contribution in [1.29, 1.82) is 5.26 Å². The van der Waals surface area contributed by atoms with E-state index < -0.39 is 0 Å². The molecule has 2 fully saturated rings. The molecule has 0 atom stereocenters. The van der Waals surface area contributed by atoms with Gasteiger partial charge in [-0.15, -0.1) is 0 Å². The van der Waals surface area contributed by atoms with E-state index in [1.807, 2.05) is 4.90 Å². The van der Waals surface area contributed by atoms with Crippen LogP contribution in [0.15, 0.2) is 48.5 Å². The first-order chi connectivity index (χ1) is 15.1. The minimum Gasteiger partial charge on any atom is -0.338 e. The Morgan fingerprint density at radius 3 is 2.55 bits per heavy atom. The van der Waals surface area contributed by atoms with Crippen LogP contribution >= 0.6 is 0 Å². The predicted octanol–water partition coefficient (Wildman–Crippen LogP) is 4.98. The summed E-state index contributed by atoms with van der Waals surface area (Å²) in [7, 11) is 0. The molecule has 1 saturated heterocycles. The summed E-state index contributed by atoms with van der Waals surface area (Å²) >= 11 is 0. The van der Waals surface area contributed by atoms with Crippen LogP contribution < -0.4 is 5.32 Å². The maximum Gasteiger partial charge on any atom is 0.224 e. The van der Waals surface area contributed by atoms with Gasteiger partial charge in [-0.1, -0.05) is 24.3 Å². The Morgan fingerprint density at radius 2 is 1.87 bits per heavy atom. The van der Waals surface area contributed by atoms with Crippen molar-refractivity contribution in [2.24, 2.45) is 5.92 Å². The summed E-state index contributed by atoms with van der Waals surface area (Å²) in [4.78, 5) is 26.3. The van der Waals surface area contributed by atoms with Crippen LogP contribution in [0.2, 0.25) is 0 Å². The molecule has 0 spiro atoms. The highest BCUT2D eigenvalue weighted by Gasteiger charge is 2.25. The second-order valence-corrected chi connectivity index (χ2v) is 8.82. The zero-order valence-electron chi connectivity index (χ0n) is 17.8. The largest absolute Gasteiger partial charge is 0.338 e. The zero-order valence-corrected chi connectivity index (χ0v) is 17.8. The summed E-state index contributed by atoms with van der Waals surface area (Å²) in [5.41, 5.74) is 3.92. The van der Waals surface area contributed by atoms with Crippen molar-refractivity contribution < 1.29 is 9.59 Å². The first-order valence-corrected chi connectivity index (χ1v) is 11.3. The van der Waals surface area contributed by atoms with Crippen molar-refractivity contribution >= 4 is 17.5 Å². The molecule has 1 N–H and O–H groups in total. The van der Waals surface area contributed by atoms with Crippen molar-refractivity contribution in [2.75, 3.05) is 11.9 Å². The van der Waals surface area contributed by atoms with E-state index >= 15 is 0 Å². The van der Waals surface area contributed by atoms with Gasteiger partial charge in [-0.25, -0.2) is 0 Å². The molecule has 2 aromatic rings. The molecule has 1 aliphatic heterocycles. The van der Waals surface area contributed by atoms with E-state index in [1.54, 1.807) is 24.3 Å². The van der Waals surface area contributed by atoms with Gasteiger partial charge in [-0.05, 0) is 79.3 Å². The second-order valence-electron chi connectivity index (χ2n) is 8.82. The molecule has 0 bridgehead atoms. The Hall–Kier alpha value is -3.13. The van der Waals surface area contributed by atoms with E-state index in [4.69, 9.17) is 5.26 Å². The van der Waals surface area contributed by atoms with E-state index in [1.165, 1.54) is 11.1 Å². The van der Waals surface area contributed by atoms with Crippen LogP contribution in [0.4, 0.5) is 5.69 Å². The van der Waals surface area contributed by atoms with Crippen LogP contribution in [0.3, 0.4) is 0 Å². The normalized spacial score (nSPS) is 21.0. The number of hydrogen-bond acceptors (Lipinski definition) is 3. The zero-order chi connectivity index (χ0) is 21.6. The summed E-state index contributed by atoms with van der Waals surface area (Å²) in [6, 6.07) is 17.8. The molecule has 0 radical (unpaired) electrons. The van der Waals surface area contributed by atoms with E-state index in [-0.39, 0.29) is 11.8 Å². The summed E-state index contributed by atoms with van der Waals surface area (Å²) in [5, 5.41) is 11.8. The average Bonchev–Trinajstić information content (AvgIpc) is 3.19. The SMILES string of the molecule is N#Cc1ccc(NC(=O)CC2CCC(c3cccc(CN4CCCC4=O)c3)CC2)cc1. The van der Waals surface area contributed by atoms with Crippen molar-refractivity contribution in [3.63, 3.8) is 0 Å². The number of likely N-dealkylation sites (tertiary alicyclic amines) is 1. The molecule has 0 unspecified atom stereocenters. The number of amides is 2. The van der Waals surface area contributed by atoms with Gasteiger partial charge in [-0.2, -0.15) is 5.26 Å². The van der Waals surface area contributed by atoms with Crippen molar-refractivity contribution in [2.45, 2.75) is 57.4 Å². The van der Waals surface area contributed by atoms with E-state index in [0.717, 1.165) is 50.9 Å². The fraction of sp³-hybridized carbons (Fsp3) is 0.423. The standard InChI is InChI=1S/C26H29N3O2/c27-17-20-8-12-24(13-9-20)28-25(30)16-19-6-10-22(11-7-19)23-4-1-3-21(15-23)18-29-14-2-5-26(29)31/h1,3-4,8-9,12-13,15,19,22H,2,5-7,10-11,14,16,18H2,(H,28,30). The molecule has 1 heterocycles. The monoisotopic (exact) mass is 415 g/mol. The lowest BCUT2D eigenvalue weighted by Crippen LogP contribution is -2.24. The van der Waals surface area contributed by atoms with Gasteiger partial charge in [0.1, 0.15) is 0 Å². The molecule has 0 aromatic heterocycles. The number of carbonyl (C=O) groups excluding carboxylic acids is 2. The summed E-state index contributed by atoms with van der Waals surface area (Å²) in [6.07, 6.45) is 6.51. The van der Waals surface area contributed by atoms with Crippen molar-refractivity contribution in [3.8, 4) is 6.07 Å². The number of hydrogen-bond donors (Lipinski definition) is 1. The Morgan fingerprint density at radius 1 is 1.10 bits per heavy atom. The molecule has 1 aliphatic carbocycles. The maximum atomic E-state index is 12.4. The molecule has 2 aliphatic rings. The third-order valence-electron chi connectivity index (χ3n) is 6.59. The highest BCUT2D eigenvalue weighted by molar-refractivity contribution is 5.90. The van der Waals surface area contributed by atoms with Gasteiger partial charge in [0.15, 0.2) is 0 Å². The first kappa shape index (κ1) is 21.1. The second kappa shape index (κ2) is 9.78. The molecule has 2 aromatic carbocycles. The molecule has 5 heteroatoms. The summed E-state index contributed by atoms with van der Waals surface area (Å²) in [5.74, 6) is 1.27. The molecular weight excluding hydrogens is 386 g/mol. The molecule has 2 amide bonds. The van der Waals surface area contributed by atoms with Crippen LogP contribution in [-0.4, -0.2) is 23.3 Å². The molecule has 31 heavy (non-hydrogen) atoms. The third kappa shape index (κ3) is 5.52. The van der Waals surface area contributed by atoms with E-state index in [0.29, 0.717) is 30.2 Å². The van der Waals surface area contributed by atoms with Crippen molar-refractivity contribution in [1.82, 2.24) is 4.90 Å². The number of carbonyl (C=O) groups is 2. The predicted molar refractivity (Wildman–Crippen MR) is 120 cm³/mol. The van der Waals surface area contributed by atoms with Gasteiger partial charge in [0.05, 0.1) is 11.6 Å². The van der Waals surface area contributed by atoms with Crippen LogP contribution in [0.1, 0.15) is 67.6 Å². The topological polar surface area (TPSA) is 73.2 Å². The number of nitrogens with zero attached hydrogens (tertiary/aromatic N) is 2. The van der Waals surface area contributed by atoms with Gasteiger partial charge in [0, 0.05) is 31.6 Å². The number of nitriles is 1. The average molecular weight is 416 g/mol. The lowest BCUT2D eigenvalue weighted by Gasteiger charge is -2.29. The first-order valence-electron chi connectivity index (χ1n) is 11.3. The Kier molecular flexibility index (Phi) is 6.66. The maximum absolute atomic E-state index is 12.4. The van der Waals surface area contributed by atoms with Gasteiger partial charge in [-0.3, -0.25) is 9.59 Å². The number of nitrogens with one attached hydrogen (secondary N) is 1. The third-order valence-corrected chi connectivity index (χ3v) is 6.59. The van der Waals surface area contributed by atoms with Crippen LogP contribution in [0, 0.1) is 17.2 Å². The summed E-state index contributed by atoms with van der Waals surface area (Å²) in [6.45, 7) is 1.59. The highest BCUT2D eigenvalue weighted by Crippen LogP contribution is 2.37.